The average Bonchev–Trinajstić information content (AvgIpc) is 3.12. The minimum atomic E-state index is -0.250. The zero-order chi connectivity index (χ0) is 18.8. The molecule has 2 aromatic rings. The maximum atomic E-state index is 13.4. The van der Waals surface area contributed by atoms with Crippen molar-refractivity contribution in [2.45, 2.75) is 45.2 Å². The van der Waals surface area contributed by atoms with Gasteiger partial charge in [0, 0.05) is 38.0 Å². The summed E-state index contributed by atoms with van der Waals surface area (Å²) in [5.74, 6) is 2.22. The summed E-state index contributed by atoms with van der Waals surface area (Å²) >= 11 is 0. The third-order valence-corrected chi connectivity index (χ3v) is 5.68. The second-order valence-corrected chi connectivity index (χ2v) is 7.64. The van der Waals surface area contributed by atoms with E-state index in [2.05, 4.69) is 20.1 Å². The molecule has 0 radical (unpaired) electrons. The largest absolute Gasteiger partial charge is 0.342 e. The van der Waals surface area contributed by atoms with Crippen molar-refractivity contribution in [3.8, 4) is 0 Å². The van der Waals surface area contributed by atoms with Gasteiger partial charge in [-0.1, -0.05) is 19.1 Å². The number of likely N-dealkylation sites (tertiary alicyclic amines) is 1. The monoisotopic (exact) mass is 371 g/mol. The van der Waals surface area contributed by atoms with E-state index in [0.717, 1.165) is 62.8 Å². The van der Waals surface area contributed by atoms with Crippen LogP contribution in [-0.2, 0) is 24.3 Å². The highest BCUT2D eigenvalue weighted by atomic mass is 19.1. The Hall–Kier alpha value is -2.28. The highest BCUT2D eigenvalue weighted by molar-refractivity contribution is 5.78. The fourth-order valence-electron chi connectivity index (χ4n) is 4.19. The van der Waals surface area contributed by atoms with Crippen molar-refractivity contribution < 1.29 is 9.18 Å². The number of nitrogens with one attached hydrogen (secondary N) is 1. The summed E-state index contributed by atoms with van der Waals surface area (Å²) in [4.78, 5) is 14.8. The van der Waals surface area contributed by atoms with Crippen molar-refractivity contribution >= 4 is 5.91 Å². The normalized spacial score (nSPS) is 19.0. The summed E-state index contributed by atoms with van der Waals surface area (Å²) < 4.78 is 15.6. The molecular weight excluding hydrogens is 345 g/mol. The molecule has 1 N–H and O–H groups in total. The molecule has 1 amide bonds. The van der Waals surface area contributed by atoms with Gasteiger partial charge in [-0.15, -0.1) is 10.2 Å². The molecule has 1 aromatic heterocycles. The Morgan fingerprint density at radius 1 is 1.30 bits per heavy atom. The Morgan fingerprint density at radius 3 is 2.89 bits per heavy atom. The number of piperidine rings is 1. The lowest BCUT2D eigenvalue weighted by molar-refractivity contribution is -0.136. The summed E-state index contributed by atoms with van der Waals surface area (Å²) in [7, 11) is 0. The number of halogens is 1. The van der Waals surface area contributed by atoms with Gasteiger partial charge in [-0.2, -0.15) is 0 Å². The van der Waals surface area contributed by atoms with Gasteiger partial charge in [-0.05, 0) is 37.0 Å². The number of nitrogens with zero attached hydrogens (tertiary/aromatic N) is 4. The van der Waals surface area contributed by atoms with E-state index in [1.807, 2.05) is 17.9 Å². The predicted molar refractivity (Wildman–Crippen MR) is 99.6 cm³/mol. The number of carbonyl (C=O) groups is 1. The Kier molecular flexibility index (Phi) is 5.20. The smallest absolute Gasteiger partial charge is 0.225 e. The molecule has 3 heterocycles. The van der Waals surface area contributed by atoms with Crippen LogP contribution in [0.1, 0.15) is 42.9 Å². The molecule has 0 aliphatic carbocycles. The first kappa shape index (κ1) is 18.1. The summed E-state index contributed by atoms with van der Waals surface area (Å²) in [5.41, 5.74) is 0.870. The zero-order valence-corrected chi connectivity index (χ0v) is 15.7. The van der Waals surface area contributed by atoms with E-state index in [1.165, 1.54) is 12.1 Å². The number of aromatic nitrogens is 3. The Morgan fingerprint density at radius 2 is 2.11 bits per heavy atom. The van der Waals surface area contributed by atoms with E-state index in [9.17, 15) is 9.18 Å². The summed E-state index contributed by atoms with van der Waals surface area (Å²) in [6, 6.07) is 6.52. The van der Waals surface area contributed by atoms with Crippen molar-refractivity contribution in [3.63, 3.8) is 0 Å². The number of benzene rings is 1. The van der Waals surface area contributed by atoms with E-state index >= 15 is 0 Å². The molecule has 0 spiro atoms. The molecule has 1 saturated heterocycles. The molecule has 1 unspecified atom stereocenters. The predicted octanol–water partition coefficient (Wildman–Crippen LogP) is 2.11. The van der Waals surface area contributed by atoms with Gasteiger partial charge in [0.05, 0.1) is 6.54 Å². The molecule has 144 valence electrons. The van der Waals surface area contributed by atoms with Crippen LogP contribution >= 0.6 is 0 Å². The number of rotatable bonds is 4. The molecule has 7 heteroatoms. The Balaban J connectivity index is 1.34. The number of carbonyl (C=O) groups excluding carboxylic acids is 1. The minimum absolute atomic E-state index is 0.143. The maximum Gasteiger partial charge on any atom is 0.225 e. The average molecular weight is 371 g/mol. The molecular formula is C20H26FN5O. The molecule has 6 nitrogen and oxygen atoms in total. The van der Waals surface area contributed by atoms with Crippen molar-refractivity contribution in [2.75, 3.05) is 19.6 Å². The van der Waals surface area contributed by atoms with Crippen LogP contribution in [0.4, 0.5) is 4.39 Å². The fraction of sp³-hybridized carbons (Fsp3) is 0.550. The lowest BCUT2D eigenvalue weighted by atomic mass is 9.93. The number of hydrogen-bond donors (Lipinski definition) is 1. The van der Waals surface area contributed by atoms with Crippen LogP contribution in [0.25, 0.3) is 0 Å². The van der Waals surface area contributed by atoms with Gasteiger partial charge in [-0.25, -0.2) is 4.39 Å². The van der Waals surface area contributed by atoms with Crippen molar-refractivity contribution in [1.82, 2.24) is 25.0 Å². The fourth-order valence-corrected chi connectivity index (χ4v) is 4.19. The van der Waals surface area contributed by atoms with Crippen LogP contribution in [0.5, 0.6) is 0 Å². The van der Waals surface area contributed by atoms with E-state index in [4.69, 9.17) is 0 Å². The van der Waals surface area contributed by atoms with Crippen LogP contribution in [0.3, 0.4) is 0 Å². The van der Waals surface area contributed by atoms with Gasteiger partial charge >= 0.3 is 0 Å². The topological polar surface area (TPSA) is 63.1 Å². The van der Waals surface area contributed by atoms with E-state index in [-0.39, 0.29) is 17.6 Å². The maximum absolute atomic E-state index is 13.4. The Bertz CT molecular complexity index is 812. The number of hydrogen-bond acceptors (Lipinski definition) is 4. The van der Waals surface area contributed by atoms with Crippen molar-refractivity contribution in [3.05, 3.63) is 47.3 Å². The van der Waals surface area contributed by atoms with Crippen LogP contribution in [0.15, 0.2) is 24.3 Å². The summed E-state index contributed by atoms with van der Waals surface area (Å²) in [6.45, 7) is 6.08. The highest BCUT2D eigenvalue weighted by Gasteiger charge is 2.30. The van der Waals surface area contributed by atoms with Gasteiger partial charge < -0.3 is 14.8 Å². The van der Waals surface area contributed by atoms with Gasteiger partial charge in [0.25, 0.3) is 0 Å². The number of fused-ring (bicyclic) bond motifs is 1. The van der Waals surface area contributed by atoms with E-state index in [0.29, 0.717) is 12.3 Å². The third-order valence-electron chi connectivity index (χ3n) is 5.68. The lowest BCUT2D eigenvalue weighted by Gasteiger charge is -2.33. The first-order valence-electron chi connectivity index (χ1n) is 9.77. The first-order chi connectivity index (χ1) is 13.1. The van der Waals surface area contributed by atoms with Gasteiger partial charge in [-0.3, -0.25) is 4.79 Å². The zero-order valence-electron chi connectivity index (χ0n) is 15.7. The molecule has 1 aromatic carbocycles. The van der Waals surface area contributed by atoms with Gasteiger partial charge in [0.1, 0.15) is 17.5 Å². The van der Waals surface area contributed by atoms with Crippen LogP contribution in [-0.4, -0.2) is 45.2 Å². The quantitative estimate of drug-likeness (QED) is 0.894. The molecule has 4 rings (SSSR count). The second kappa shape index (κ2) is 7.76. The first-order valence-corrected chi connectivity index (χ1v) is 9.77. The molecule has 27 heavy (non-hydrogen) atoms. The molecule has 0 bridgehead atoms. The molecule has 1 fully saturated rings. The molecule has 2 aliphatic rings. The number of amides is 1. The molecule has 0 saturated carbocycles. The third kappa shape index (κ3) is 3.88. The van der Waals surface area contributed by atoms with Crippen molar-refractivity contribution in [1.29, 1.82) is 0 Å². The highest BCUT2D eigenvalue weighted by Crippen LogP contribution is 2.28. The molecule has 2 aliphatic heterocycles. The van der Waals surface area contributed by atoms with Crippen LogP contribution < -0.4 is 5.32 Å². The van der Waals surface area contributed by atoms with Crippen LogP contribution in [0.2, 0.25) is 0 Å². The van der Waals surface area contributed by atoms with Gasteiger partial charge in [0.2, 0.25) is 5.91 Å². The van der Waals surface area contributed by atoms with E-state index in [1.54, 1.807) is 6.07 Å². The summed E-state index contributed by atoms with van der Waals surface area (Å²) in [5, 5.41) is 12.0. The minimum Gasteiger partial charge on any atom is -0.342 e. The second-order valence-electron chi connectivity index (χ2n) is 7.64. The van der Waals surface area contributed by atoms with Crippen molar-refractivity contribution in [2.24, 2.45) is 5.92 Å². The van der Waals surface area contributed by atoms with Gasteiger partial charge in [0.15, 0.2) is 0 Å². The van der Waals surface area contributed by atoms with E-state index < -0.39 is 0 Å². The standard InChI is InChI=1S/C20H26FN5O/c1-14(11-15-3-2-4-17(21)12-15)20(27)25-8-5-16(6-9-25)19-24-23-18-13-22-7-10-26(18)19/h2-4,12,14,16,22H,5-11,13H2,1H3. The summed E-state index contributed by atoms with van der Waals surface area (Å²) in [6.07, 6.45) is 2.41. The Labute approximate surface area is 158 Å². The SMILES string of the molecule is CC(Cc1cccc(F)c1)C(=O)N1CCC(c2nnc3n2CCNC3)CC1. The molecule has 1 atom stereocenters. The lowest BCUT2D eigenvalue weighted by Crippen LogP contribution is -2.41. The van der Waals surface area contributed by atoms with Crippen LogP contribution in [0, 0.1) is 11.7 Å².